The van der Waals surface area contributed by atoms with Gasteiger partial charge in [-0.05, 0) is 75.5 Å². The Morgan fingerprint density at radius 2 is 1.71 bits per heavy atom. The van der Waals surface area contributed by atoms with E-state index in [1.807, 2.05) is 6.92 Å². The first-order valence-electron chi connectivity index (χ1n) is 5.82. The summed E-state index contributed by atoms with van der Waals surface area (Å²) in [6.07, 6.45) is 0. The van der Waals surface area contributed by atoms with E-state index in [4.69, 9.17) is 0 Å². The number of anilines is 1. The molecule has 1 aromatic heterocycles. The minimum Gasteiger partial charge on any atom is -0.278 e. The summed E-state index contributed by atoms with van der Waals surface area (Å²) in [6.45, 7) is 3.63. The fourth-order valence-corrected chi connectivity index (χ4v) is 4.87. The lowest BCUT2D eigenvalue weighted by atomic mass is 10.2. The lowest BCUT2D eigenvalue weighted by Gasteiger charge is -2.12. The number of nitrogens with zero attached hydrogens (tertiary/aromatic N) is 1. The van der Waals surface area contributed by atoms with Gasteiger partial charge in [0.2, 0.25) is 0 Å². The van der Waals surface area contributed by atoms with Gasteiger partial charge in [0.05, 0.1) is 11.4 Å². The number of aromatic nitrogens is 1. The SMILES string of the molecule is Cc1cc(Br)c(S(=O)(=O)Nc2ccc(Br)nc2C)cc1Br. The van der Waals surface area contributed by atoms with Crippen LogP contribution >= 0.6 is 47.8 Å². The Hall–Kier alpha value is -0.440. The monoisotopic (exact) mass is 496 g/mol. The largest absolute Gasteiger partial charge is 0.278 e. The Morgan fingerprint density at radius 1 is 1.05 bits per heavy atom. The predicted octanol–water partition coefficient (Wildman–Crippen LogP) is 4.79. The van der Waals surface area contributed by atoms with Gasteiger partial charge in [-0.3, -0.25) is 4.72 Å². The molecule has 1 N–H and O–H groups in total. The molecule has 21 heavy (non-hydrogen) atoms. The van der Waals surface area contributed by atoms with E-state index in [0.717, 1.165) is 10.0 Å². The molecule has 0 saturated carbocycles. The molecule has 0 saturated heterocycles. The van der Waals surface area contributed by atoms with Crippen molar-refractivity contribution in [3.05, 3.63) is 49.1 Å². The summed E-state index contributed by atoms with van der Waals surface area (Å²) >= 11 is 9.90. The van der Waals surface area contributed by atoms with Crippen molar-refractivity contribution in [2.24, 2.45) is 0 Å². The Labute approximate surface area is 148 Å². The molecule has 0 amide bonds. The van der Waals surface area contributed by atoms with Crippen molar-refractivity contribution in [1.29, 1.82) is 0 Å². The predicted molar refractivity (Wildman–Crippen MR) is 94.1 cm³/mol. The number of pyridine rings is 1. The molecule has 0 unspecified atom stereocenters. The molecule has 112 valence electrons. The summed E-state index contributed by atoms with van der Waals surface area (Å²) in [5.41, 5.74) is 1.99. The zero-order valence-electron chi connectivity index (χ0n) is 11.1. The number of hydrogen-bond donors (Lipinski definition) is 1. The summed E-state index contributed by atoms with van der Waals surface area (Å²) in [4.78, 5) is 4.34. The summed E-state index contributed by atoms with van der Waals surface area (Å²) in [5.74, 6) is 0. The van der Waals surface area contributed by atoms with Crippen LogP contribution in [0.5, 0.6) is 0 Å². The van der Waals surface area contributed by atoms with Crippen LogP contribution in [0.2, 0.25) is 0 Å². The van der Waals surface area contributed by atoms with Gasteiger partial charge < -0.3 is 0 Å². The van der Waals surface area contributed by atoms with E-state index in [1.165, 1.54) is 0 Å². The van der Waals surface area contributed by atoms with Crippen molar-refractivity contribution in [3.8, 4) is 0 Å². The molecule has 0 radical (unpaired) electrons. The first kappa shape index (κ1) is 16.9. The second kappa shape index (κ2) is 6.36. The van der Waals surface area contributed by atoms with Gasteiger partial charge in [-0.25, -0.2) is 13.4 Å². The summed E-state index contributed by atoms with van der Waals surface area (Å²) in [7, 11) is -3.70. The van der Waals surface area contributed by atoms with Crippen molar-refractivity contribution >= 4 is 63.5 Å². The third-order valence-electron chi connectivity index (χ3n) is 2.80. The highest BCUT2D eigenvalue weighted by molar-refractivity contribution is 9.11. The number of benzene rings is 1. The number of rotatable bonds is 3. The second-order valence-electron chi connectivity index (χ2n) is 4.40. The fourth-order valence-electron chi connectivity index (χ4n) is 1.67. The molecule has 2 aromatic rings. The fraction of sp³-hybridized carbons (Fsp3) is 0.154. The van der Waals surface area contributed by atoms with Crippen LogP contribution in [0.3, 0.4) is 0 Å². The van der Waals surface area contributed by atoms with Gasteiger partial charge in [0.25, 0.3) is 10.0 Å². The van der Waals surface area contributed by atoms with E-state index in [1.54, 1.807) is 31.2 Å². The third kappa shape index (κ3) is 3.85. The highest BCUT2D eigenvalue weighted by Gasteiger charge is 2.20. The van der Waals surface area contributed by atoms with Crippen LogP contribution in [0.4, 0.5) is 5.69 Å². The molecule has 1 aromatic carbocycles. The molecule has 0 atom stereocenters. The molecule has 4 nitrogen and oxygen atoms in total. The second-order valence-corrected chi connectivity index (χ2v) is 8.58. The summed E-state index contributed by atoms with van der Waals surface area (Å²) in [6, 6.07) is 6.68. The van der Waals surface area contributed by atoms with Crippen LogP contribution in [0.25, 0.3) is 0 Å². The number of hydrogen-bond acceptors (Lipinski definition) is 3. The topological polar surface area (TPSA) is 59.1 Å². The average Bonchev–Trinajstić information content (AvgIpc) is 2.37. The molecule has 8 heteroatoms. The van der Waals surface area contributed by atoms with Crippen LogP contribution in [0.15, 0.2) is 42.7 Å². The molecule has 0 aliphatic carbocycles. The number of nitrogens with one attached hydrogen (secondary N) is 1. The normalized spacial score (nSPS) is 11.5. The highest BCUT2D eigenvalue weighted by Crippen LogP contribution is 2.30. The van der Waals surface area contributed by atoms with E-state index in [-0.39, 0.29) is 4.90 Å². The molecule has 2 rings (SSSR count). The molecular weight excluding hydrogens is 488 g/mol. The zero-order chi connectivity index (χ0) is 15.8. The van der Waals surface area contributed by atoms with Gasteiger partial charge in [0.1, 0.15) is 9.50 Å². The number of halogens is 3. The molecule has 0 aliphatic rings. The van der Waals surface area contributed by atoms with Crippen LogP contribution in [-0.2, 0) is 10.0 Å². The molecule has 0 fully saturated rings. The standard InChI is InChI=1S/C13H11Br3N2O2S/c1-7-5-10(15)12(6-9(7)14)21(19,20)18-11-3-4-13(16)17-8(11)2/h3-6,18H,1-2H3. The molecule has 0 spiro atoms. The maximum Gasteiger partial charge on any atom is 0.263 e. The minimum atomic E-state index is -3.70. The van der Waals surface area contributed by atoms with Crippen LogP contribution in [-0.4, -0.2) is 13.4 Å². The van der Waals surface area contributed by atoms with Crippen molar-refractivity contribution in [1.82, 2.24) is 4.98 Å². The highest BCUT2D eigenvalue weighted by atomic mass is 79.9. The van der Waals surface area contributed by atoms with E-state index in [9.17, 15) is 8.42 Å². The van der Waals surface area contributed by atoms with Crippen molar-refractivity contribution in [2.75, 3.05) is 4.72 Å². The Kier molecular flexibility index (Phi) is 5.12. The van der Waals surface area contributed by atoms with Gasteiger partial charge in [0.15, 0.2) is 0 Å². The van der Waals surface area contributed by atoms with E-state index in [2.05, 4.69) is 57.5 Å². The first-order chi connectivity index (χ1) is 9.70. The Balaban J connectivity index is 2.46. The van der Waals surface area contributed by atoms with Gasteiger partial charge in [-0.1, -0.05) is 15.9 Å². The van der Waals surface area contributed by atoms with Crippen molar-refractivity contribution in [3.63, 3.8) is 0 Å². The maximum absolute atomic E-state index is 12.5. The minimum absolute atomic E-state index is 0.169. The number of aryl methyl sites for hydroxylation is 2. The average molecular weight is 499 g/mol. The van der Waals surface area contributed by atoms with Crippen LogP contribution in [0.1, 0.15) is 11.3 Å². The third-order valence-corrected chi connectivity index (χ3v) is 6.42. The van der Waals surface area contributed by atoms with Gasteiger partial charge in [-0.2, -0.15) is 0 Å². The quantitative estimate of drug-likeness (QED) is 0.619. The molecule has 0 aliphatic heterocycles. The van der Waals surface area contributed by atoms with Gasteiger partial charge in [-0.15, -0.1) is 0 Å². The first-order valence-corrected chi connectivity index (χ1v) is 9.68. The Morgan fingerprint density at radius 3 is 2.33 bits per heavy atom. The van der Waals surface area contributed by atoms with Crippen LogP contribution in [0, 0.1) is 13.8 Å². The number of sulfonamides is 1. The van der Waals surface area contributed by atoms with E-state index < -0.39 is 10.0 Å². The lowest BCUT2D eigenvalue weighted by Crippen LogP contribution is -2.15. The van der Waals surface area contributed by atoms with Crippen molar-refractivity contribution in [2.45, 2.75) is 18.7 Å². The van der Waals surface area contributed by atoms with Gasteiger partial charge >= 0.3 is 0 Å². The zero-order valence-corrected chi connectivity index (χ0v) is 16.7. The smallest absolute Gasteiger partial charge is 0.263 e. The van der Waals surface area contributed by atoms with Crippen LogP contribution < -0.4 is 4.72 Å². The van der Waals surface area contributed by atoms with Crippen molar-refractivity contribution < 1.29 is 8.42 Å². The summed E-state index contributed by atoms with van der Waals surface area (Å²) < 4.78 is 29.5. The Bertz CT molecular complexity index is 807. The lowest BCUT2D eigenvalue weighted by molar-refractivity contribution is 0.600. The molecule has 0 bridgehead atoms. The maximum atomic E-state index is 12.5. The molecular formula is C13H11Br3N2O2S. The van der Waals surface area contributed by atoms with E-state index in [0.29, 0.717) is 20.5 Å². The van der Waals surface area contributed by atoms with Gasteiger partial charge in [0, 0.05) is 8.95 Å². The van der Waals surface area contributed by atoms with E-state index >= 15 is 0 Å². The summed E-state index contributed by atoms with van der Waals surface area (Å²) in [5, 5.41) is 0. The molecule has 1 heterocycles.